The van der Waals surface area contributed by atoms with Crippen LogP contribution in [0.25, 0.3) is 0 Å². The Morgan fingerprint density at radius 3 is 2.79 bits per heavy atom. The summed E-state index contributed by atoms with van der Waals surface area (Å²) in [5.74, 6) is -1.34. The molecule has 1 aromatic carbocycles. The van der Waals surface area contributed by atoms with Gasteiger partial charge < -0.3 is 9.47 Å². The van der Waals surface area contributed by atoms with Gasteiger partial charge in [-0.3, -0.25) is 0 Å². The van der Waals surface area contributed by atoms with E-state index in [1.54, 1.807) is 12.1 Å². The molecule has 0 aliphatic heterocycles. The summed E-state index contributed by atoms with van der Waals surface area (Å²) in [5.41, 5.74) is 0.122. The van der Waals surface area contributed by atoms with Crippen molar-refractivity contribution >= 4 is 17.6 Å². The SMILES string of the molecule is COc1cc(OC(=O)c2ccccn2)cc(F)c1Cl. The van der Waals surface area contributed by atoms with Crippen molar-refractivity contribution in [3.8, 4) is 11.5 Å². The molecule has 0 spiro atoms. The zero-order chi connectivity index (χ0) is 13.8. The molecule has 0 saturated heterocycles. The first kappa shape index (κ1) is 13.3. The number of esters is 1. The number of rotatable bonds is 3. The Hall–Kier alpha value is -2.14. The van der Waals surface area contributed by atoms with Crippen molar-refractivity contribution in [2.45, 2.75) is 0 Å². The molecule has 0 aliphatic rings. The number of pyridine rings is 1. The predicted octanol–water partition coefficient (Wildman–Crippen LogP) is 3.10. The number of benzene rings is 1. The molecule has 19 heavy (non-hydrogen) atoms. The lowest BCUT2D eigenvalue weighted by Crippen LogP contribution is -2.10. The van der Waals surface area contributed by atoms with Gasteiger partial charge in [-0.25, -0.2) is 14.2 Å². The van der Waals surface area contributed by atoms with Gasteiger partial charge in [-0.05, 0) is 12.1 Å². The van der Waals surface area contributed by atoms with Crippen LogP contribution in [0.1, 0.15) is 10.5 Å². The second-order valence-corrected chi connectivity index (χ2v) is 3.90. The smallest absolute Gasteiger partial charge is 0.362 e. The van der Waals surface area contributed by atoms with E-state index >= 15 is 0 Å². The largest absolute Gasteiger partial charge is 0.495 e. The summed E-state index contributed by atoms with van der Waals surface area (Å²) < 4.78 is 23.3. The fourth-order valence-electron chi connectivity index (χ4n) is 1.39. The van der Waals surface area contributed by atoms with E-state index in [0.717, 1.165) is 6.07 Å². The maximum Gasteiger partial charge on any atom is 0.362 e. The quantitative estimate of drug-likeness (QED) is 0.641. The highest BCUT2D eigenvalue weighted by Crippen LogP contribution is 2.32. The summed E-state index contributed by atoms with van der Waals surface area (Å²) in [4.78, 5) is 15.6. The minimum absolute atomic E-state index is 0.00518. The van der Waals surface area contributed by atoms with Crippen LogP contribution in [-0.2, 0) is 0 Å². The highest BCUT2D eigenvalue weighted by atomic mass is 35.5. The van der Waals surface area contributed by atoms with Gasteiger partial charge in [-0.1, -0.05) is 17.7 Å². The lowest BCUT2D eigenvalue weighted by atomic mass is 10.3. The molecule has 0 amide bonds. The van der Waals surface area contributed by atoms with Crippen molar-refractivity contribution in [3.05, 3.63) is 53.1 Å². The average Bonchev–Trinajstić information content (AvgIpc) is 2.43. The van der Waals surface area contributed by atoms with Crippen molar-refractivity contribution in [2.75, 3.05) is 7.11 Å². The number of methoxy groups -OCH3 is 1. The van der Waals surface area contributed by atoms with Crippen LogP contribution >= 0.6 is 11.6 Å². The number of nitrogens with zero attached hydrogens (tertiary/aromatic N) is 1. The second kappa shape index (κ2) is 5.67. The van der Waals surface area contributed by atoms with Gasteiger partial charge in [0.05, 0.1) is 7.11 Å². The number of hydrogen-bond donors (Lipinski definition) is 0. The van der Waals surface area contributed by atoms with Crippen LogP contribution in [-0.4, -0.2) is 18.1 Å². The highest BCUT2D eigenvalue weighted by molar-refractivity contribution is 6.32. The maximum atomic E-state index is 13.5. The molecule has 0 saturated carbocycles. The molecule has 0 bridgehead atoms. The Kier molecular flexibility index (Phi) is 3.97. The zero-order valence-electron chi connectivity index (χ0n) is 9.89. The topological polar surface area (TPSA) is 48.4 Å². The minimum Gasteiger partial charge on any atom is -0.495 e. The third-order valence-electron chi connectivity index (χ3n) is 2.27. The van der Waals surface area contributed by atoms with Crippen LogP contribution in [0.4, 0.5) is 4.39 Å². The maximum absolute atomic E-state index is 13.5. The summed E-state index contributed by atoms with van der Waals surface area (Å²) in [5, 5.41) is -0.167. The number of aromatic nitrogens is 1. The molecule has 0 radical (unpaired) electrons. The number of carbonyl (C=O) groups is 1. The molecule has 4 nitrogen and oxygen atoms in total. The van der Waals surface area contributed by atoms with Crippen LogP contribution in [0, 0.1) is 5.82 Å². The summed E-state index contributed by atoms with van der Waals surface area (Å²) in [6.07, 6.45) is 1.46. The van der Waals surface area contributed by atoms with Crippen LogP contribution in [0.15, 0.2) is 36.5 Å². The third kappa shape index (κ3) is 3.00. The molecule has 1 aromatic heterocycles. The summed E-state index contributed by atoms with van der Waals surface area (Å²) >= 11 is 5.67. The molecule has 98 valence electrons. The molecule has 0 unspecified atom stereocenters. The van der Waals surface area contributed by atoms with E-state index < -0.39 is 11.8 Å². The Bertz CT molecular complexity index is 604. The van der Waals surface area contributed by atoms with E-state index in [2.05, 4.69) is 4.98 Å². The van der Waals surface area contributed by atoms with Gasteiger partial charge in [-0.2, -0.15) is 0 Å². The van der Waals surface area contributed by atoms with Crippen molar-refractivity contribution in [2.24, 2.45) is 0 Å². The summed E-state index contributed by atoms with van der Waals surface area (Å²) in [6, 6.07) is 7.14. The first-order chi connectivity index (χ1) is 9.11. The van der Waals surface area contributed by atoms with Gasteiger partial charge in [0.25, 0.3) is 0 Å². The van der Waals surface area contributed by atoms with E-state index in [4.69, 9.17) is 21.1 Å². The number of carbonyl (C=O) groups excluding carboxylic acids is 1. The van der Waals surface area contributed by atoms with E-state index in [-0.39, 0.29) is 22.2 Å². The number of ether oxygens (including phenoxy) is 2. The Morgan fingerprint density at radius 1 is 1.37 bits per heavy atom. The van der Waals surface area contributed by atoms with Gasteiger partial charge in [-0.15, -0.1) is 0 Å². The molecule has 0 aliphatic carbocycles. The molecular formula is C13H9ClFNO3. The molecule has 6 heteroatoms. The van der Waals surface area contributed by atoms with Crippen molar-refractivity contribution < 1.29 is 18.7 Å². The van der Waals surface area contributed by atoms with Crippen molar-refractivity contribution in [3.63, 3.8) is 0 Å². The zero-order valence-corrected chi connectivity index (χ0v) is 10.6. The Morgan fingerprint density at radius 2 is 2.16 bits per heavy atom. The van der Waals surface area contributed by atoms with Gasteiger partial charge in [0.15, 0.2) is 0 Å². The molecule has 0 atom stereocenters. The standard InChI is InChI=1S/C13H9ClFNO3/c1-18-11-7-8(6-9(15)12(11)14)19-13(17)10-4-2-3-5-16-10/h2-7H,1H3. The summed E-state index contributed by atoms with van der Waals surface area (Å²) in [7, 11) is 1.34. The van der Waals surface area contributed by atoms with E-state index in [1.807, 2.05) is 0 Å². The first-order valence-electron chi connectivity index (χ1n) is 5.28. The highest BCUT2D eigenvalue weighted by Gasteiger charge is 2.14. The fraction of sp³-hybridized carbons (Fsp3) is 0.0769. The van der Waals surface area contributed by atoms with Crippen molar-refractivity contribution in [1.82, 2.24) is 4.98 Å². The predicted molar refractivity (Wildman–Crippen MR) is 67.2 cm³/mol. The van der Waals surface area contributed by atoms with E-state index in [9.17, 15) is 9.18 Å². The van der Waals surface area contributed by atoms with Crippen LogP contribution in [0.3, 0.4) is 0 Å². The molecule has 0 fully saturated rings. The monoisotopic (exact) mass is 281 g/mol. The lowest BCUT2D eigenvalue weighted by Gasteiger charge is -2.08. The molecule has 2 aromatic rings. The second-order valence-electron chi connectivity index (χ2n) is 3.53. The average molecular weight is 282 g/mol. The lowest BCUT2D eigenvalue weighted by molar-refractivity contribution is 0.0728. The fourth-order valence-corrected chi connectivity index (χ4v) is 1.58. The van der Waals surface area contributed by atoms with Crippen LogP contribution in [0.2, 0.25) is 5.02 Å². The third-order valence-corrected chi connectivity index (χ3v) is 2.64. The van der Waals surface area contributed by atoms with Gasteiger partial charge in [0.2, 0.25) is 0 Å². The Balaban J connectivity index is 2.25. The molecule has 0 N–H and O–H groups in total. The van der Waals surface area contributed by atoms with Crippen molar-refractivity contribution in [1.29, 1.82) is 0 Å². The van der Waals surface area contributed by atoms with Crippen LogP contribution in [0.5, 0.6) is 11.5 Å². The number of halogens is 2. The molecular weight excluding hydrogens is 273 g/mol. The summed E-state index contributed by atoms with van der Waals surface area (Å²) in [6.45, 7) is 0. The van der Waals surface area contributed by atoms with Gasteiger partial charge in [0.1, 0.15) is 28.0 Å². The first-order valence-corrected chi connectivity index (χ1v) is 5.66. The van der Waals surface area contributed by atoms with Gasteiger partial charge in [0, 0.05) is 18.3 Å². The van der Waals surface area contributed by atoms with E-state index in [1.165, 1.54) is 25.4 Å². The Labute approximate surface area is 113 Å². The number of hydrogen-bond acceptors (Lipinski definition) is 4. The normalized spacial score (nSPS) is 10.1. The minimum atomic E-state index is -0.732. The molecule has 1 heterocycles. The van der Waals surface area contributed by atoms with E-state index in [0.29, 0.717) is 0 Å². The van der Waals surface area contributed by atoms with Crippen LogP contribution < -0.4 is 9.47 Å². The molecule has 2 rings (SSSR count). The van der Waals surface area contributed by atoms with Gasteiger partial charge >= 0.3 is 5.97 Å².